The molecule has 0 amide bonds. The monoisotopic (exact) mass is 218 g/mol. The molecular formula is C14H22N2. The standard InChI is InChI=1S/C14H22N2/c1-11(2)8-14(5-4-6-16-14)13-7-12(3)9-15-10-13/h7,9-11,16H,4-6,8H2,1-3H3. The maximum Gasteiger partial charge on any atom is 0.0453 e. The van der Waals surface area contributed by atoms with Crippen molar-refractivity contribution in [1.29, 1.82) is 0 Å². The van der Waals surface area contributed by atoms with Crippen LogP contribution in [0, 0.1) is 12.8 Å². The Hall–Kier alpha value is -0.890. The van der Waals surface area contributed by atoms with E-state index in [1.54, 1.807) is 0 Å². The Morgan fingerprint density at radius 2 is 2.25 bits per heavy atom. The zero-order valence-electron chi connectivity index (χ0n) is 10.6. The first-order chi connectivity index (χ1) is 7.62. The fourth-order valence-corrected chi connectivity index (χ4v) is 2.86. The number of rotatable bonds is 3. The fourth-order valence-electron chi connectivity index (χ4n) is 2.86. The van der Waals surface area contributed by atoms with Gasteiger partial charge in [0.15, 0.2) is 0 Å². The van der Waals surface area contributed by atoms with Gasteiger partial charge in [-0.1, -0.05) is 19.9 Å². The minimum Gasteiger partial charge on any atom is -0.307 e. The molecule has 1 aromatic rings. The molecule has 1 unspecified atom stereocenters. The highest BCUT2D eigenvalue weighted by molar-refractivity contribution is 5.26. The maximum absolute atomic E-state index is 4.34. The van der Waals surface area contributed by atoms with Crippen LogP contribution < -0.4 is 5.32 Å². The predicted molar refractivity (Wildman–Crippen MR) is 67.3 cm³/mol. The van der Waals surface area contributed by atoms with Crippen LogP contribution in [0.2, 0.25) is 0 Å². The van der Waals surface area contributed by atoms with Crippen LogP contribution >= 0.6 is 0 Å². The van der Waals surface area contributed by atoms with Crippen molar-refractivity contribution in [1.82, 2.24) is 10.3 Å². The highest BCUT2D eigenvalue weighted by Gasteiger charge is 2.35. The van der Waals surface area contributed by atoms with E-state index in [-0.39, 0.29) is 5.54 Å². The van der Waals surface area contributed by atoms with Crippen LogP contribution in [0.1, 0.15) is 44.2 Å². The molecule has 1 aromatic heterocycles. The highest BCUT2D eigenvalue weighted by atomic mass is 15.0. The van der Waals surface area contributed by atoms with Crippen LogP contribution in [-0.2, 0) is 5.54 Å². The SMILES string of the molecule is Cc1cncc(C2(CC(C)C)CCCN2)c1. The largest absolute Gasteiger partial charge is 0.307 e. The van der Waals surface area contributed by atoms with Gasteiger partial charge in [-0.25, -0.2) is 0 Å². The van der Waals surface area contributed by atoms with E-state index >= 15 is 0 Å². The van der Waals surface area contributed by atoms with Crippen molar-refractivity contribution in [3.05, 3.63) is 29.6 Å². The molecule has 1 saturated heterocycles. The van der Waals surface area contributed by atoms with Crippen molar-refractivity contribution in [2.75, 3.05) is 6.54 Å². The summed E-state index contributed by atoms with van der Waals surface area (Å²) in [5, 5.41) is 3.70. The predicted octanol–water partition coefficient (Wildman–Crippen LogP) is 3.01. The van der Waals surface area contributed by atoms with Crippen molar-refractivity contribution in [3.8, 4) is 0 Å². The molecule has 0 radical (unpaired) electrons. The molecule has 1 aliphatic heterocycles. The molecule has 1 N–H and O–H groups in total. The number of pyridine rings is 1. The molecular weight excluding hydrogens is 196 g/mol. The van der Waals surface area contributed by atoms with Gasteiger partial charge in [-0.3, -0.25) is 4.98 Å². The van der Waals surface area contributed by atoms with Gasteiger partial charge < -0.3 is 5.32 Å². The van der Waals surface area contributed by atoms with Crippen LogP contribution in [0.3, 0.4) is 0 Å². The summed E-state index contributed by atoms with van der Waals surface area (Å²) in [6.07, 6.45) is 7.70. The van der Waals surface area contributed by atoms with E-state index in [0.717, 1.165) is 6.54 Å². The summed E-state index contributed by atoms with van der Waals surface area (Å²) in [6, 6.07) is 2.29. The van der Waals surface area contributed by atoms with Crippen LogP contribution in [0.25, 0.3) is 0 Å². The fraction of sp³-hybridized carbons (Fsp3) is 0.643. The second-order valence-electron chi connectivity index (χ2n) is 5.46. The lowest BCUT2D eigenvalue weighted by Gasteiger charge is -2.32. The zero-order valence-corrected chi connectivity index (χ0v) is 10.6. The van der Waals surface area contributed by atoms with Gasteiger partial charge in [0.05, 0.1) is 0 Å². The second kappa shape index (κ2) is 4.54. The molecule has 2 nitrogen and oxygen atoms in total. The lowest BCUT2D eigenvalue weighted by molar-refractivity contribution is 0.310. The van der Waals surface area contributed by atoms with Crippen LogP contribution in [0.5, 0.6) is 0 Å². The first-order valence-corrected chi connectivity index (χ1v) is 6.29. The summed E-state index contributed by atoms with van der Waals surface area (Å²) in [5.74, 6) is 0.714. The topological polar surface area (TPSA) is 24.9 Å². The van der Waals surface area contributed by atoms with Crippen LogP contribution in [-0.4, -0.2) is 11.5 Å². The van der Waals surface area contributed by atoms with E-state index in [1.807, 2.05) is 12.4 Å². The number of nitrogens with zero attached hydrogens (tertiary/aromatic N) is 1. The summed E-state index contributed by atoms with van der Waals surface area (Å²) < 4.78 is 0. The summed E-state index contributed by atoms with van der Waals surface area (Å²) in [7, 11) is 0. The van der Waals surface area contributed by atoms with Gasteiger partial charge in [-0.15, -0.1) is 0 Å². The second-order valence-corrected chi connectivity index (χ2v) is 5.46. The molecule has 1 fully saturated rings. The summed E-state index contributed by atoms with van der Waals surface area (Å²) in [4.78, 5) is 4.34. The third-order valence-electron chi connectivity index (χ3n) is 3.43. The minimum absolute atomic E-state index is 0.188. The molecule has 88 valence electrons. The van der Waals surface area contributed by atoms with Crippen molar-refractivity contribution < 1.29 is 0 Å². The Morgan fingerprint density at radius 3 is 2.81 bits per heavy atom. The average Bonchev–Trinajstić information content (AvgIpc) is 2.66. The summed E-state index contributed by atoms with van der Waals surface area (Å²) in [6.45, 7) is 7.85. The molecule has 2 heterocycles. The molecule has 0 aromatic carbocycles. The van der Waals surface area contributed by atoms with Crippen molar-refractivity contribution in [2.24, 2.45) is 5.92 Å². The molecule has 1 atom stereocenters. The smallest absolute Gasteiger partial charge is 0.0453 e. The van der Waals surface area contributed by atoms with E-state index in [0.29, 0.717) is 5.92 Å². The van der Waals surface area contributed by atoms with Gasteiger partial charge in [0, 0.05) is 17.9 Å². The number of nitrogens with one attached hydrogen (secondary N) is 1. The molecule has 0 bridgehead atoms. The highest BCUT2D eigenvalue weighted by Crippen LogP contribution is 2.36. The Balaban J connectivity index is 2.31. The van der Waals surface area contributed by atoms with Crippen LogP contribution in [0.15, 0.2) is 18.5 Å². The molecule has 2 heteroatoms. The Bertz CT molecular complexity index is 352. The third kappa shape index (κ3) is 2.27. The van der Waals surface area contributed by atoms with E-state index in [4.69, 9.17) is 0 Å². The first kappa shape index (κ1) is 11.6. The molecule has 16 heavy (non-hydrogen) atoms. The van der Waals surface area contributed by atoms with Crippen molar-refractivity contribution in [3.63, 3.8) is 0 Å². The van der Waals surface area contributed by atoms with Crippen molar-refractivity contribution >= 4 is 0 Å². The molecule has 0 spiro atoms. The van der Waals surface area contributed by atoms with E-state index < -0.39 is 0 Å². The van der Waals surface area contributed by atoms with E-state index in [2.05, 4.69) is 37.1 Å². The van der Waals surface area contributed by atoms with E-state index in [9.17, 15) is 0 Å². The zero-order chi connectivity index (χ0) is 11.6. The van der Waals surface area contributed by atoms with Gasteiger partial charge in [-0.05, 0) is 49.8 Å². The molecule has 2 rings (SSSR count). The summed E-state index contributed by atoms with van der Waals surface area (Å²) in [5.41, 5.74) is 2.82. The Morgan fingerprint density at radius 1 is 1.44 bits per heavy atom. The number of hydrogen-bond donors (Lipinski definition) is 1. The van der Waals surface area contributed by atoms with Crippen molar-refractivity contribution in [2.45, 2.75) is 45.6 Å². The quantitative estimate of drug-likeness (QED) is 0.843. The first-order valence-electron chi connectivity index (χ1n) is 6.29. The number of aromatic nitrogens is 1. The minimum atomic E-state index is 0.188. The number of hydrogen-bond acceptors (Lipinski definition) is 2. The lowest BCUT2D eigenvalue weighted by Crippen LogP contribution is -2.38. The van der Waals surface area contributed by atoms with Gasteiger partial charge in [0.1, 0.15) is 0 Å². The molecule has 0 aliphatic carbocycles. The average molecular weight is 218 g/mol. The van der Waals surface area contributed by atoms with Gasteiger partial charge in [0.2, 0.25) is 0 Å². The van der Waals surface area contributed by atoms with Gasteiger partial charge in [0.25, 0.3) is 0 Å². The molecule has 1 aliphatic rings. The third-order valence-corrected chi connectivity index (χ3v) is 3.43. The lowest BCUT2D eigenvalue weighted by atomic mass is 9.81. The van der Waals surface area contributed by atoms with Gasteiger partial charge >= 0.3 is 0 Å². The number of aryl methyl sites for hydroxylation is 1. The molecule has 0 saturated carbocycles. The van der Waals surface area contributed by atoms with Gasteiger partial charge in [-0.2, -0.15) is 0 Å². The van der Waals surface area contributed by atoms with Crippen LogP contribution in [0.4, 0.5) is 0 Å². The normalized spacial score (nSPS) is 25.2. The van der Waals surface area contributed by atoms with E-state index in [1.165, 1.54) is 30.4 Å². The Labute approximate surface area is 98.5 Å². The summed E-state index contributed by atoms with van der Waals surface area (Å²) >= 11 is 0. The Kier molecular flexibility index (Phi) is 3.29. The maximum atomic E-state index is 4.34.